The molecule has 2 atom stereocenters. The molecule has 0 spiro atoms. The first-order chi connectivity index (χ1) is 10.1. The van der Waals surface area contributed by atoms with Crippen molar-refractivity contribution in [3.05, 3.63) is 35.9 Å². The van der Waals surface area contributed by atoms with Gasteiger partial charge >= 0.3 is 0 Å². The van der Waals surface area contributed by atoms with Gasteiger partial charge in [0, 0.05) is 44.3 Å². The van der Waals surface area contributed by atoms with Crippen LogP contribution in [0.1, 0.15) is 25.5 Å². The van der Waals surface area contributed by atoms with Crippen molar-refractivity contribution in [1.82, 2.24) is 15.1 Å². The number of aliphatic hydroxyl groups is 1. The van der Waals surface area contributed by atoms with Crippen molar-refractivity contribution >= 4 is 0 Å². The Morgan fingerprint density at radius 1 is 1.24 bits per heavy atom. The molecule has 0 bridgehead atoms. The lowest BCUT2D eigenvalue weighted by atomic mass is 10.0. The highest BCUT2D eigenvalue weighted by Gasteiger charge is 2.28. The second kappa shape index (κ2) is 7.90. The highest BCUT2D eigenvalue weighted by atomic mass is 16.3. The molecule has 1 aliphatic heterocycles. The topological polar surface area (TPSA) is 38.7 Å². The highest BCUT2D eigenvalue weighted by Crippen LogP contribution is 2.24. The van der Waals surface area contributed by atoms with Gasteiger partial charge in [-0.2, -0.15) is 0 Å². The Morgan fingerprint density at radius 2 is 1.95 bits per heavy atom. The molecule has 2 rings (SSSR count). The molecule has 1 aromatic carbocycles. The van der Waals surface area contributed by atoms with Crippen molar-refractivity contribution in [2.75, 3.05) is 39.8 Å². The van der Waals surface area contributed by atoms with Gasteiger partial charge in [-0.15, -0.1) is 0 Å². The van der Waals surface area contributed by atoms with Crippen LogP contribution in [0.3, 0.4) is 0 Å². The summed E-state index contributed by atoms with van der Waals surface area (Å²) in [6.45, 7) is 8.51. The molecule has 1 heterocycles. The molecule has 4 heteroatoms. The smallest absolute Gasteiger partial charge is 0.0597 e. The molecule has 21 heavy (non-hydrogen) atoms. The summed E-state index contributed by atoms with van der Waals surface area (Å²) in [7, 11) is 2.18. The number of rotatable bonds is 6. The third-order valence-corrected chi connectivity index (χ3v) is 4.12. The maximum Gasteiger partial charge on any atom is 0.0597 e. The molecule has 1 saturated heterocycles. The maximum absolute atomic E-state index is 9.61. The first-order valence-corrected chi connectivity index (χ1v) is 7.94. The number of hydrogen-bond acceptors (Lipinski definition) is 4. The number of hydrogen-bond donors (Lipinski definition) is 2. The zero-order valence-electron chi connectivity index (χ0n) is 13.5. The van der Waals surface area contributed by atoms with Gasteiger partial charge < -0.3 is 15.3 Å². The minimum Gasteiger partial charge on any atom is -0.395 e. The number of aliphatic hydroxyl groups excluding tert-OH is 1. The number of likely N-dealkylation sites (N-methyl/N-ethyl adjacent to an activating group) is 1. The van der Waals surface area contributed by atoms with Crippen LogP contribution in [0, 0.1) is 0 Å². The minimum absolute atomic E-state index is 0.139. The molecule has 118 valence electrons. The Hall–Kier alpha value is -0.940. The van der Waals surface area contributed by atoms with Gasteiger partial charge in [0.05, 0.1) is 6.61 Å². The number of nitrogens with one attached hydrogen (secondary N) is 1. The molecule has 1 fully saturated rings. The van der Waals surface area contributed by atoms with Gasteiger partial charge in [-0.1, -0.05) is 44.2 Å². The van der Waals surface area contributed by atoms with Crippen LogP contribution in [0.15, 0.2) is 30.3 Å². The van der Waals surface area contributed by atoms with Crippen LogP contribution in [-0.4, -0.2) is 66.8 Å². The van der Waals surface area contributed by atoms with Crippen LogP contribution >= 0.6 is 0 Å². The van der Waals surface area contributed by atoms with E-state index in [9.17, 15) is 5.11 Å². The van der Waals surface area contributed by atoms with Gasteiger partial charge in [0.2, 0.25) is 0 Å². The Bertz CT molecular complexity index is 410. The summed E-state index contributed by atoms with van der Waals surface area (Å²) in [6, 6.07) is 11.6. The normalized spacial score (nSPS) is 22.6. The predicted molar refractivity (Wildman–Crippen MR) is 87.4 cm³/mol. The summed E-state index contributed by atoms with van der Waals surface area (Å²) in [6.07, 6.45) is 0. The molecule has 0 aliphatic carbocycles. The van der Waals surface area contributed by atoms with Crippen LogP contribution in [0.2, 0.25) is 0 Å². The van der Waals surface area contributed by atoms with Crippen LogP contribution in [0.5, 0.6) is 0 Å². The lowest BCUT2D eigenvalue weighted by Crippen LogP contribution is -2.53. The van der Waals surface area contributed by atoms with E-state index >= 15 is 0 Å². The lowest BCUT2D eigenvalue weighted by molar-refractivity contribution is 0.0696. The molecular weight excluding hydrogens is 262 g/mol. The molecule has 0 amide bonds. The molecule has 0 saturated carbocycles. The molecule has 4 nitrogen and oxygen atoms in total. The number of benzene rings is 1. The summed E-state index contributed by atoms with van der Waals surface area (Å²) in [5.41, 5.74) is 1.37. The molecule has 0 aromatic heterocycles. The maximum atomic E-state index is 9.61. The molecule has 1 aromatic rings. The number of nitrogens with zero attached hydrogens (tertiary/aromatic N) is 2. The second-order valence-electron chi connectivity index (χ2n) is 6.38. The highest BCUT2D eigenvalue weighted by molar-refractivity contribution is 5.20. The van der Waals surface area contributed by atoms with Crippen molar-refractivity contribution in [3.8, 4) is 0 Å². The number of piperazine rings is 1. The average Bonchev–Trinajstić information content (AvgIpc) is 2.48. The van der Waals surface area contributed by atoms with E-state index in [1.54, 1.807) is 0 Å². The lowest BCUT2D eigenvalue weighted by Gasteiger charge is -2.42. The van der Waals surface area contributed by atoms with Gasteiger partial charge in [-0.25, -0.2) is 0 Å². The van der Waals surface area contributed by atoms with E-state index in [0.29, 0.717) is 12.1 Å². The molecular formula is C17H29N3O. The quantitative estimate of drug-likeness (QED) is 0.829. The second-order valence-corrected chi connectivity index (χ2v) is 6.38. The zero-order valence-corrected chi connectivity index (χ0v) is 13.5. The SMILES string of the molecule is CC(C)NC(CO)CN1CCN(C)CC1c1ccccc1. The zero-order chi connectivity index (χ0) is 15.2. The monoisotopic (exact) mass is 291 g/mol. The standard InChI is InChI=1S/C17H29N3O/c1-14(2)18-16(13-21)11-20-10-9-19(3)12-17(20)15-7-5-4-6-8-15/h4-8,14,16-18,21H,9-13H2,1-3H3. The fraction of sp³-hybridized carbons (Fsp3) is 0.647. The molecule has 2 unspecified atom stereocenters. The third kappa shape index (κ3) is 4.78. The predicted octanol–water partition coefficient (Wildman–Crippen LogP) is 1.33. The van der Waals surface area contributed by atoms with Crippen LogP contribution in [-0.2, 0) is 0 Å². The van der Waals surface area contributed by atoms with E-state index in [1.807, 2.05) is 0 Å². The summed E-state index contributed by atoms with van der Waals surface area (Å²) >= 11 is 0. The van der Waals surface area contributed by atoms with Crippen molar-refractivity contribution in [3.63, 3.8) is 0 Å². The van der Waals surface area contributed by atoms with Gasteiger partial charge in [0.15, 0.2) is 0 Å². The van der Waals surface area contributed by atoms with Gasteiger partial charge in [-0.3, -0.25) is 4.90 Å². The summed E-state index contributed by atoms with van der Waals surface area (Å²) in [4.78, 5) is 4.89. The van der Waals surface area contributed by atoms with Crippen LogP contribution < -0.4 is 5.32 Å². The fourth-order valence-electron chi connectivity index (χ4n) is 3.08. The molecule has 0 radical (unpaired) electrons. The Morgan fingerprint density at radius 3 is 2.57 bits per heavy atom. The first kappa shape index (κ1) is 16.4. The summed E-state index contributed by atoms with van der Waals surface area (Å²) < 4.78 is 0. The third-order valence-electron chi connectivity index (χ3n) is 4.12. The average molecular weight is 291 g/mol. The first-order valence-electron chi connectivity index (χ1n) is 7.94. The van der Waals surface area contributed by atoms with Crippen molar-refractivity contribution < 1.29 is 5.11 Å². The summed E-state index contributed by atoms with van der Waals surface area (Å²) in [5.74, 6) is 0. The van der Waals surface area contributed by atoms with E-state index < -0.39 is 0 Å². The van der Waals surface area contributed by atoms with Crippen LogP contribution in [0.4, 0.5) is 0 Å². The van der Waals surface area contributed by atoms with E-state index in [0.717, 1.165) is 26.2 Å². The van der Waals surface area contributed by atoms with Gasteiger partial charge in [0.1, 0.15) is 0 Å². The van der Waals surface area contributed by atoms with Gasteiger partial charge in [-0.05, 0) is 12.6 Å². The minimum atomic E-state index is 0.139. The van der Waals surface area contributed by atoms with Crippen molar-refractivity contribution in [2.24, 2.45) is 0 Å². The van der Waals surface area contributed by atoms with Crippen molar-refractivity contribution in [2.45, 2.75) is 32.0 Å². The Kier molecular flexibility index (Phi) is 6.18. The summed E-state index contributed by atoms with van der Waals surface area (Å²) in [5, 5.41) is 13.1. The Labute approximate surface area is 128 Å². The van der Waals surface area contributed by atoms with Crippen molar-refractivity contribution in [1.29, 1.82) is 0 Å². The largest absolute Gasteiger partial charge is 0.395 e. The molecule has 1 aliphatic rings. The fourth-order valence-corrected chi connectivity index (χ4v) is 3.08. The van der Waals surface area contributed by atoms with E-state index in [1.165, 1.54) is 5.56 Å². The Balaban J connectivity index is 2.07. The van der Waals surface area contributed by atoms with Gasteiger partial charge in [0.25, 0.3) is 0 Å². The van der Waals surface area contributed by atoms with E-state index in [4.69, 9.17) is 0 Å². The van der Waals surface area contributed by atoms with Crippen LogP contribution in [0.25, 0.3) is 0 Å². The van der Waals surface area contributed by atoms with E-state index in [-0.39, 0.29) is 12.6 Å². The van der Waals surface area contributed by atoms with E-state index in [2.05, 4.69) is 66.3 Å². The molecule has 2 N–H and O–H groups in total.